The lowest BCUT2D eigenvalue weighted by Crippen LogP contribution is -2.41. The normalized spacial score (nSPS) is 15.6. The zero-order valence-electron chi connectivity index (χ0n) is 16.4. The molecule has 0 amide bonds. The van der Waals surface area contributed by atoms with Crippen LogP contribution in [0.1, 0.15) is 26.3 Å². The van der Waals surface area contributed by atoms with Crippen molar-refractivity contribution in [2.45, 2.75) is 33.6 Å². The third-order valence-corrected chi connectivity index (χ3v) is 4.69. The Bertz CT molecular complexity index is 934. The topological polar surface area (TPSA) is 76.9 Å². The molecule has 0 spiro atoms. The molecule has 0 saturated carbocycles. The minimum atomic E-state index is -0.235. The Balaban J connectivity index is 2.21. The van der Waals surface area contributed by atoms with Gasteiger partial charge in [-0.05, 0) is 38.6 Å². The van der Waals surface area contributed by atoms with Crippen LogP contribution >= 0.6 is 0 Å². The molecule has 0 radical (unpaired) electrons. The maximum atomic E-state index is 13.2. The molecule has 1 unspecified atom stereocenters. The molecule has 7 nitrogen and oxygen atoms in total. The van der Waals surface area contributed by atoms with Gasteiger partial charge in [0, 0.05) is 29.4 Å². The predicted molar refractivity (Wildman–Crippen MR) is 108 cm³/mol. The molecule has 2 heterocycles. The summed E-state index contributed by atoms with van der Waals surface area (Å²) in [7, 11) is 3.19. The van der Waals surface area contributed by atoms with Gasteiger partial charge in [0.25, 0.3) is 5.56 Å². The van der Waals surface area contributed by atoms with E-state index in [0.29, 0.717) is 23.6 Å². The predicted octanol–water partition coefficient (Wildman–Crippen LogP) is 2.68. The average Bonchev–Trinajstić information content (AvgIpc) is 2.67. The van der Waals surface area contributed by atoms with Gasteiger partial charge in [0.05, 0.1) is 19.8 Å². The molecule has 1 aliphatic heterocycles. The SMILES string of the molecule is CCNC1N=C(C)c2cc(-c3ccc(OC)cc3OC)c(=O)n(CC)c2N1. The number of rotatable bonds is 6. The van der Waals surface area contributed by atoms with Crippen LogP contribution in [0.2, 0.25) is 0 Å². The van der Waals surface area contributed by atoms with E-state index in [9.17, 15) is 4.79 Å². The Labute approximate surface area is 159 Å². The summed E-state index contributed by atoms with van der Waals surface area (Å²) in [5.41, 5.74) is 3.03. The molecule has 2 aromatic rings. The number of nitrogens with zero attached hydrogens (tertiary/aromatic N) is 2. The lowest BCUT2D eigenvalue weighted by molar-refractivity contribution is 0.395. The summed E-state index contributed by atoms with van der Waals surface area (Å²) < 4.78 is 12.5. The molecular weight excluding hydrogens is 344 g/mol. The molecule has 7 heteroatoms. The molecule has 0 aliphatic carbocycles. The zero-order valence-corrected chi connectivity index (χ0v) is 16.4. The highest BCUT2D eigenvalue weighted by atomic mass is 16.5. The van der Waals surface area contributed by atoms with Gasteiger partial charge in [-0.1, -0.05) is 6.92 Å². The highest BCUT2D eigenvalue weighted by Gasteiger charge is 2.24. The van der Waals surface area contributed by atoms with Gasteiger partial charge in [0.1, 0.15) is 17.3 Å². The first-order valence-electron chi connectivity index (χ1n) is 9.08. The van der Waals surface area contributed by atoms with E-state index in [4.69, 9.17) is 9.47 Å². The molecule has 2 N–H and O–H groups in total. The summed E-state index contributed by atoms with van der Waals surface area (Å²) in [4.78, 5) is 17.9. The third-order valence-electron chi connectivity index (χ3n) is 4.69. The van der Waals surface area contributed by atoms with Crippen molar-refractivity contribution in [2.24, 2.45) is 4.99 Å². The largest absolute Gasteiger partial charge is 0.497 e. The summed E-state index contributed by atoms with van der Waals surface area (Å²) in [5, 5.41) is 6.58. The Morgan fingerprint density at radius 2 is 1.93 bits per heavy atom. The number of hydrogen-bond donors (Lipinski definition) is 2. The average molecular weight is 370 g/mol. The van der Waals surface area contributed by atoms with Crippen molar-refractivity contribution in [3.63, 3.8) is 0 Å². The fourth-order valence-electron chi connectivity index (χ4n) is 3.33. The lowest BCUT2D eigenvalue weighted by atomic mass is 10.0. The quantitative estimate of drug-likeness (QED) is 0.818. The van der Waals surface area contributed by atoms with Crippen LogP contribution < -0.4 is 25.7 Å². The Morgan fingerprint density at radius 1 is 1.15 bits per heavy atom. The number of benzene rings is 1. The van der Waals surface area contributed by atoms with E-state index < -0.39 is 0 Å². The van der Waals surface area contributed by atoms with Crippen molar-refractivity contribution >= 4 is 11.5 Å². The van der Waals surface area contributed by atoms with Crippen LogP contribution in [-0.4, -0.2) is 37.3 Å². The summed E-state index contributed by atoms with van der Waals surface area (Å²) in [6.45, 7) is 7.27. The molecule has 1 atom stereocenters. The van der Waals surface area contributed by atoms with E-state index in [1.807, 2.05) is 39.0 Å². The van der Waals surface area contributed by atoms with Crippen LogP contribution in [0.5, 0.6) is 11.5 Å². The summed E-state index contributed by atoms with van der Waals surface area (Å²) in [5.74, 6) is 2.06. The molecular formula is C20H26N4O3. The molecule has 144 valence electrons. The van der Waals surface area contributed by atoms with Crippen LogP contribution in [-0.2, 0) is 6.54 Å². The smallest absolute Gasteiger partial charge is 0.260 e. The molecule has 0 saturated heterocycles. The number of methoxy groups -OCH3 is 2. The number of aromatic nitrogens is 1. The Hall–Kier alpha value is -2.80. The van der Waals surface area contributed by atoms with Crippen molar-refractivity contribution in [1.82, 2.24) is 9.88 Å². The Kier molecular flexibility index (Phi) is 5.51. The Morgan fingerprint density at radius 3 is 2.56 bits per heavy atom. The fraction of sp³-hybridized carbons (Fsp3) is 0.400. The molecule has 0 bridgehead atoms. The van der Waals surface area contributed by atoms with Gasteiger partial charge in [-0.3, -0.25) is 14.7 Å². The first-order chi connectivity index (χ1) is 13.0. The van der Waals surface area contributed by atoms with Gasteiger partial charge < -0.3 is 14.8 Å². The zero-order chi connectivity index (χ0) is 19.6. The highest BCUT2D eigenvalue weighted by molar-refractivity contribution is 6.05. The van der Waals surface area contributed by atoms with Crippen molar-refractivity contribution in [1.29, 1.82) is 0 Å². The van der Waals surface area contributed by atoms with E-state index in [0.717, 1.165) is 29.2 Å². The minimum absolute atomic E-state index is 0.0721. The monoisotopic (exact) mass is 370 g/mol. The van der Waals surface area contributed by atoms with Gasteiger partial charge in [-0.15, -0.1) is 0 Å². The first-order valence-corrected chi connectivity index (χ1v) is 9.08. The summed E-state index contributed by atoms with van der Waals surface area (Å²) >= 11 is 0. The standard InChI is InChI=1S/C20H26N4O3/c1-6-21-20-22-12(3)15-11-16(19(25)24(7-2)18(15)23-20)14-9-8-13(26-4)10-17(14)27-5/h8-11,20-21,23H,6-7H2,1-5H3. The number of fused-ring (bicyclic) bond motifs is 1. The number of nitrogens with one attached hydrogen (secondary N) is 2. The summed E-state index contributed by atoms with van der Waals surface area (Å²) in [6, 6.07) is 7.35. The second-order valence-corrected chi connectivity index (χ2v) is 6.25. The van der Waals surface area contributed by atoms with Gasteiger partial charge in [-0.2, -0.15) is 0 Å². The highest BCUT2D eigenvalue weighted by Crippen LogP contribution is 2.34. The van der Waals surface area contributed by atoms with Crippen LogP contribution in [0.3, 0.4) is 0 Å². The molecule has 1 aromatic carbocycles. The van der Waals surface area contributed by atoms with Crippen molar-refractivity contribution in [3.05, 3.63) is 40.2 Å². The first kappa shape index (κ1) is 19.0. The third kappa shape index (κ3) is 3.42. The maximum absolute atomic E-state index is 13.2. The summed E-state index contributed by atoms with van der Waals surface area (Å²) in [6.07, 6.45) is -0.235. The van der Waals surface area contributed by atoms with Gasteiger partial charge in [0.2, 0.25) is 0 Å². The maximum Gasteiger partial charge on any atom is 0.260 e. The van der Waals surface area contributed by atoms with Crippen molar-refractivity contribution in [2.75, 3.05) is 26.1 Å². The van der Waals surface area contributed by atoms with Crippen LogP contribution in [0.4, 0.5) is 5.82 Å². The van der Waals surface area contributed by atoms with Gasteiger partial charge in [0.15, 0.2) is 6.29 Å². The van der Waals surface area contributed by atoms with Crippen LogP contribution in [0.15, 0.2) is 34.1 Å². The molecule has 27 heavy (non-hydrogen) atoms. The molecule has 1 aromatic heterocycles. The molecule has 0 fully saturated rings. The van der Waals surface area contributed by atoms with Crippen molar-refractivity contribution < 1.29 is 9.47 Å². The van der Waals surface area contributed by atoms with E-state index in [-0.39, 0.29) is 11.8 Å². The number of ether oxygens (including phenoxy) is 2. The van der Waals surface area contributed by atoms with Crippen LogP contribution in [0.25, 0.3) is 11.1 Å². The van der Waals surface area contributed by atoms with Gasteiger partial charge >= 0.3 is 0 Å². The van der Waals surface area contributed by atoms with E-state index in [1.54, 1.807) is 24.9 Å². The van der Waals surface area contributed by atoms with E-state index >= 15 is 0 Å². The number of aliphatic imine (C=N–C) groups is 1. The second-order valence-electron chi connectivity index (χ2n) is 6.25. The van der Waals surface area contributed by atoms with E-state index in [2.05, 4.69) is 15.6 Å². The number of anilines is 1. The van der Waals surface area contributed by atoms with Crippen LogP contribution in [0, 0.1) is 0 Å². The number of pyridine rings is 1. The lowest BCUT2D eigenvalue weighted by Gasteiger charge is -2.28. The molecule has 3 rings (SSSR count). The minimum Gasteiger partial charge on any atom is -0.497 e. The van der Waals surface area contributed by atoms with Crippen molar-refractivity contribution in [3.8, 4) is 22.6 Å². The molecule has 1 aliphatic rings. The van der Waals surface area contributed by atoms with Gasteiger partial charge in [-0.25, -0.2) is 4.99 Å². The second kappa shape index (κ2) is 7.84. The fourth-order valence-corrected chi connectivity index (χ4v) is 3.33. The van der Waals surface area contributed by atoms with E-state index in [1.165, 1.54) is 0 Å². The number of hydrogen-bond acceptors (Lipinski definition) is 6.